The second-order valence-electron chi connectivity index (χ2n) is 7.96. The molecule has 0 unspecified atom stereocenters. The van der Waals surface area contributed by atoms with Crippen LogP contribution in [0.5, 0.6) is 0 Å². The molecule has 1 aliphatic carbocycles. The third-order valence-electron chi connectivity index (χ3n) is 5.91. The maximum atomic E-state index is 9.09. The van der Waals surface area contributed by atoms with Crippen molar-refractivity contribution in [2.45, 2.75) is 41.6 Å². The van der Waals surface area contributed by atoms with Gasteiger partial charge in [0, 0.05) is 0 Å². The van der Waals surface area contributed by atoms with Crippen LogP contribution in [-0.4, -0.2) is 37.0 Å². The Morgan fingerprint density at radius 1 is 1.07 bits per heavy atom. The van der Waals surface area contributed by atoms with Crippen LogP contribution in [-0.2, 0) is 5.21 Å². The molecule has 6 heteroatoms. The maximum absolute atomic E-state index is 9.09. The number of hydrogen-bond donors (Lipinski definition) is 3. The molecule has 2 aromatic carbocycles. The molecule has 2 heterocycles. The van der Waals surface area contributed by atoms with Crippen molar-refractivity contribution < 1.29 is 0 Å². The van der Waals surface area contributed by atoms with Gasteiger partial charge in [-0.15, -0.1) is 0 Å². The third kappa shape index (κ3) is 3.71. The summed E-state index contributed by atoms with van der Waals surface area (Å²) in [6, 6.07) is 17.2. The standard InChI is InChI=1S/C23H23AsN5/c25-13-15-1-7-19-21(10-15)28-29-23(19)22-11-16-9-14(2-8-20(16)27-22)12-24-17-3-5-18(26)6-4-17/h1-2,7-11,17-18,27H,3-6,12,26H2,(H,28,29). The number of benzene rings is 2. The Kier molecular flexibility index (Phi) is 4.91. The fourth-order valence-electron chi connectivity index (χ4n) is 4.22. The summed E-state index contributed by atoms with van der Waals surface area (Å²) in [6.07, 6.45) is 5.04. The summed E-state index contributed by atoms with van der Waals surface area (Å²) < 4.78 is 0.914. The summed E-state index contributed by atoms with van der Waals surface area (Å²) >= 11 is 0.339. The van der Waals surface area contributed by atoms with Gasteiger partial charge in [0.2, 0.25) is 0 Å². The van der Waals surface area contributed by atoms with Crippen LogP contribution in [0.25, 0.3) is 33.2 Å². The Morgan fingerprint density at radius 3 is 2.76 bits per heavy atom. The number of fused-ring (bicyclic) bond motifs is 2. The molecule has 0 atom stereocenters. The Labute approximate surface area is 176 Å². The number of rotatable bonds is 4. The molecular formula is C23H23AsN5. The molecule has 29 heavy (non-hydrogen) atoms. The Hall–Kier alpha value is -2.54. The van der Waals surface area contributed by atoms with Crippen LogP contribution in [0.15, 0.2) is 42.5 Å². The van der Waals surface area contributed by atoms with Crippen LogP contribution >= 0.6 is 0 Å². The van der Waals surface area contributed by atoms with Gasteiger partial charge in [0.15, 0.2) is 0 Å². The van der Waals surface area contributed by atoms with Crippen LogP contribution in [0.4, 0.5) is 0 Å². The molecule has 0 saturated heterocycles. The average Bonchev–Trinajstić information content (AvgIpc) is 3.36. The number of H-pyrrole nitrogens is 2. The van der Waals surface area contributed by atoms with Crippen molar-refractivity contribution in [3.8, 4) is 17.5 Å². The van der Waals surface area contributed by atoms with E-state index in [1.165, 1.54) is 41.8 Å². The van der Waals surface area contributed by atoms with E-state index in [1.54, 1.807) is 0 Å². The van der Waals surface area contributed by atoms with Crippen molar-refractivity contribution in [1.29, 1.82) is 5.26 Å². The SMILES string of the molecule is N#Cc1ccc2c(-c3cc4cc(C[As]C5CCC(N)CC5)ccc4[nH]3)n[nH]c2c1. The topological polar surface area (TPSA) is 94.3 Å². The van der Waals surface area contributed by atoms with Gasteiger partial charge in [-0.25, -0.2) is 0 Å². The monoisotopic (exact) mass is 444 g/mol. The molecule has 5 rings (SSSR count). The van der Waals surface area contributed by atoms with E-state index in [9.17, 15) is 0 Å². The van der Waals surface area contributed by atoms with Gasteiger partial charge in [0.05, 0.1) is 0 Å². The predicted octanol–water partition coefficient (Wildman–Crippen LogP) is 4.48. The van der Waals surface area contributed by atoms with Gasteiger partial charge in [-0.3, -0.25) is 0 Å². The van der Waals surface area contributed by atoms with Crippen LogP contribution < -0.4 is 5.73 Å². The van der Waals surface area contributed by atoms with E-state index in [1.807, 2.05) is 18.2 Å². The predicted molar refractivity (Wildman–Crippen MR) is 118 cm³/mol. The van der Waals surface area contributed by atoms with E-state index in [0.29, 0.717) is 27.4 Å². The number of nitriles is 1. The molecule has 0 spiro atoms. The first-order valence-electron chi connectivity index (χ1n) is 10.1. The van der Waals surface area contributed by atoms with Crippen LogP contribution in [0.1, 0.15) is 36.8 Å². The van der Waals surface area contributed by atoms with Gasteiger partial charge in [-0.05, 0) is 0 Å². The zero-order chi connectivity index (χ0) is 19.8. The van der Waals surface area contributed by atoms with Crippen molar-refractivity contribution in [3.63, 3.8) is 0 Å². The summed E-state index contributed by atoms with van der Waals surface area (Å²) in [5.74, 6) is 0. The molecule has 0 aliphatic heterocycles. The molecule has 1 aliphatic rings. The first-order chi connectivity index (χ1) is 14.2. The van der Waals surface area contributed by atoms with E-state index >= 15 is 0 Å². The summed E-state index contributed by atoms with van der Waals surface area (Å²) in [6.45, 7) is 0. The van der Waals surface area contributed by atoms with E-state index in [-0.39, 0.29) is 0 Å². The molecule has 4 aromatic rings. The Bertz CT molecular complexity index is 1210. The quantitative estimate of drug-likeness (QED) is 0.405. The van der Waals surface area contributed by atoms with E-state index < -0.39 is 0 Å². The van der Waals surface area contributed by atoms with Gasteiger partial charge in [-0.1, -0.05) is 0 Å². The number of nitrogens with two attached hydrogens (primary N) is 1. The van der Waals surface area contributed by atoms with Gasteiger partial charge >= 0.3 is 171 Å². The summed E-state index contributed by atoms with van der Waals surface area (Å²) in [4.78, 5) is 3.50. The number of hydrogen-bond acceptors (Lipinski definition) is 3. The molecule has 5 nitrogen and oxygen atoms in total. The second kappa shape index (κ2) is 7.71. The van der Waals surface area contributed by atoms with Gasteiger partial charge in [0.1, 0.15) is 0 Å². The first-order valence-corrected chi connectivity index (χ1v) is 12.5. The Balaban J connectivity index is 1.38. The van der Waals surface area contributed by atoms with E-state index in [0.717, 1.165) is 32.5 Å². The number of nitrogens with zero attached hydrogens (tertiary/aromatic N) is 2. The average molecular weight is 444 g/mol. The molecule has 0 bridgehead atoms. The fourth-order valence-corrected chi connectivity index (χ4v) is 7.01. The van der Waals surface area contributed by atoms with Crippen LogP contribution in [0, 0.1) is 11.3 Å². The molecule has 1 fully saturated rings. The summed E-state index contributed by atoms with van der Waals surface area (Å²) in [5, 5.41) is 20.1. The van der Waals surface area contributed by atoms with Gasteiger partial charge in [0.25, 0.3) is 0 Å². The fraction of sp³-hybridized carbons (Fsp3) is 0.304. The van der Waals surface area contributed by atoms with Crippen molar-refractivity contribution in [1.82, 2.24) is 15.2 Å². The Morgan fingerprint density at radius 2 is 1.93 bits per heavy atom. The number of aromatic nitrogens is 3. The molecule has 0 amide bonds. The minimum atomic E-state index is 0.339. The zero-order valence-electron chi connectivity index (χ0n) is 16.2. The van der Waals surface area contributed by atoms with Crippen LogP contribution in [0.3, 0.4) is 0 Å². The zero-order valence-corrected chi connectivity index (χ0v) is 18.0. The molecule has 1 saturated carbocycles. The summed E-state index contributed by atoms with van der Waals surface area (Å²) in [7, 11) is 0. The molecular weight excluding hydrogens is 421 g/mol. The third-order valence-corrected chi connectivity index (χ3v) is 9.22. The van der Waals surface area contributed by atoms with Gasteiger partial charge in [-0.2, -0.15) is 5.26 Å². The van der Waals surface area contributed by atoms with Crippen molar-refractivity contribution >= 4 is 37.6 Å². The second-order valence-corrected chi connectivity index (χ2v) is 10.9. The van der Waals surface area contributed by atoms with Gasteiger partial charge < -0.3 is 0 Å². The van der Waals surface area contributed by atoms with Crippen molar-refractivity contribution in [2.24, 2.45) is 5.73 Å². The minimum absolute atomic E-state index is 0.339. The first kappa shape index (κ1) is 18.5. The number of nitrogens with one attached hydrogen (secondary N) is 2. The molecule has 145 valence electrons. The molecule has 2 aromatic heterocycles. The van der Waals surface area contributed by atoms with Crippen molar-refractivity contribution in [3.05, 3.63) is 53.6 Å². The summed E-state index contributed by atoms with van der Waals surface area (Å²) in [5.41, 5.74) is 12.0. The van der Waals surface area contributed by atoms with Crippen molar-refractivity contribution in [2.75, 3.05) is 0 Å². The molecule has 1 radical (unpaired) electrons. The van der Waals surface area contributed by atoms with Crippen LogP contribution in [0.2, 0.25) is 4.71 Å². The van der Waals surface area contributed by atoms with E-state index in [4.69, 9.17) is 11.0 Å². The normalized spacial score (nSPS) is 20.0. The molecule has 4 N–H and O–H groups in total. The van der Waals surface area contributed by atoms with E-state index in [2.05, 4.69) is 45.5 Å². The number of aromatic amines is 2.